The molecule has 2 rings (SSSR count). The van der Waals surface area contributed by atoms with Gasteiger partial charge in [-0.05, 0) is 19.1 Å². The van der Waals surface area contributed by atoms with E-state index < -0.39 is 4.84 Å². The van der Waals surface area contributed by atoms with Crippen LogP contribution in [0.3, 0.4) is 0 Å². The Hall–Kier alpha value is -1.50. The molecule has 0 radical (unpaired) electrons. The Kier molecular flexibility index (Phi) is 3.37. The summed E-state index contributed by atoms with van der Waals surface area (Å²) in [5, 5.41) is 13.4. The first-order valence-corrected chi connectivity index (χ1v) is 5.85. The van der Waals surface area contributed by atoms with Gasteiger partial charge in [0, 0.05) is 0 Å². The van der Waals surface area contributed by atoms with Crippen LogP contribution in [0.5, 0.6) is 0 Å². The fraction of sp³-hybridized carbons (Fsp3) is 0.167. The van der Waals surface area contributed by atoms with Crippen LogP contribution in [-0.4, -0.2) is 9.78 Å². The molecule has 17 heavy (non-hydrogen) atoms. The van der Waals surface area contributed by atoms with Crippen LogP contribution in [0, 0.1) is 18.3 Å². The minimum absolute atomic E-state index is 0.434. The fourth-order valence-electron chi connectivity index (χ4n) is 1.65. The van der Waals surface area contributed by atoms with E-state index >= 15 is 0 Å². The molecule has 0 aliphatic rings. The summed E-state index contributed by atoms with van der Waals surface area (Å²) in [5.41, 5.74) is 2.40. The van der Waals surface area contributed by atoms with Gasteiger partial charge in [0.15, 0.2) is 4.84 Å². The summed E-state index contributed by atoms with van der Waals surface area (Å²) >= 11 is 11.8. The van der Waals surface area contributed by atoms with Crippen LogP contribution in [-0.2, 0) is 0 Å². The van der Waals surface area contributed by atoms with Crippen molar-refractivity contribution in [3.05, 3.63) is 47.3 Å². The van der Waals surface area contributed by atoms with E-state index in [0.717, 1.165) is 5.69 Å². The maximum absolute atomic E-state index is 9.09. The van der Waals surface area contributed by atoms with Crippen molar-refractivity contribution in [2.75, 3.05) is 0 Å². The summed E-state index contributed by atoms with van der Waals surface area (Å²) in [5.74, 6) is 0. The topological polar surface area (TPSA) is 41.6 Å². The standard InChI is InChI=1S/C12H9Cl2N3/c1-8-10(7-15)11(12(13)14)17(16-8)9-5-3-2-4-6-9/h2-6,12H,1H3. The SMILES string of the molecule is Cc1nn(-c2ccccc2)c(C(Cl)Cl)c1C#N. The number of hydrogen-bond donors (Lipinski definition) is 0. The molecule has 0 fully saturated rings. The molecule has 0 aliphatic carbocycles. The number of aryl methyl sites for hydroxylation is 1. The molecule has 0 spiro atoms. The zero-order chi connectivity index (χ0) is 12.4. The summed E-state index contributed by atoms with van der Waals surface area (Å²) in [6.07, 6.45) is 0. The van der Waals surface area contributed by atoms with Gasteiger partial charge in [0.2, 0.25) is 0 Å². The second-order valence-corrected chi connectivity index (χ2v) is 4.60. The van der Waals surface area contributed by atoms with Gasteiger partial charge < -0.3 is 0 Å². The largest absolute Gasteiger partial charge is 0.233 e. The maximum Gasteiger partial charge on any atom is 0.151 e. The van der Waals surface area contributed by atoms with Crippen molar-refractivity contribution in [2.24, 2.45) is 0 Å². The third-order valence-corrected chi connectivity index (χ3v) is 2.83. The smallest absolute Gasteiger partial charge is 0.151 e. The average Bonchev–Trinajstić information content (AvgIpc) is 2.67. The fourth-order valence-corrected chi connectivity index (χ4v) is 2.05. The van der Waals surface area contributed by atoms with Crippen LogP contribution in [0.25, 0.3) is 5.69 Å². The predicted octanol–water partition coefficient (Wildman–Crippen LogP) is 3.53. The van der Waals surface area contributed by atoms with Crippen molar-refractivity contribution in [1.29, 1.82) is 5.26 Å². The Labute approximate surface area is 109 Å². The van der Waals surface area contributed by atoms with Crippen molar-refractivity contribution in [3.63, 3.8) is 0 Å². The average molecular weight is 266 g/mol. The Morgan fingerprint density at radius 3 is 2.47 bits per heavy atom. The molecule has 2 aromatic rings. The number of nitrogens with zero attached hydrogens (tertiary/aromatic N) is 3. The molecular formula is C12H9Cl2N3. The highest BCUT2D eigenvalue weighted by molar-refractivity contribution is 6.44. The van der Waals surface area contributed by atoms with Crippen molar-refractivity contribution in [1.82, 2.24) is 9.78 Å². The van der Waals surface area contributed by atoms with Crippen molar-refractivity contribution in [3.8, 4) is 11.8 Å². The van der Waals surface area contributed by atoms with E-state index in [-0.39, 0.29) is 0 Å². The normalized spacial score (nSPS) is 10.5. The molecule has 3 nitrogen and oxygen atoms in total. The first kappa shape index (κ1) is 12.0. The molecule has 0 saturated carbocycles. The van der Waals surface area contributed by atoms with Gasteiger partial charge in [-0.3, -0.25) is 0 Å². The number of para-hydroxylation sites is 1. The van der Waals surface area contributed by atoms with Crippen LogP contribution in [0.4, 0.5) is 0 Å². The highest BCUT2D eigenvalue weighted by Crippen LogP contribution is 2.31. The maximum atomic E-state index is 9.09. The number of benzene rings is 1. The molecule has 0 aliphatic heterocycles. The molecule has 0 bridgehead atoms. The summed E-state index contributed by atoms with van der Waals surface area (Å²) in [7, 11) is 0. The number of hydrogen-bond acceptors (Lipinski definition) is 2. The quantitative estimate of drug-likeness (QED) is 0.780. The third kappa shape index (κ3) is 2.14. The molecule has 1 aromatic carbocycles. The lowest BCUT2D eigenvalue weighted by molar-refractivity contribution is 0.823. The van der Waals surface area contributed by atoms with Crippen molar-refractivity contribution >= 4 is 23.2 Å². The van der Waals surface area contributed by atoms with Gasteiger partial charge in [0.05, 0.1) is 22.6 Å². The van der Waals surface area contributed by atoms with Gasteiger partial charge in [0.25, 0.3) is 0 Å². The number of rotatable bonds is 2. The summed E-state index contributed by atoms with van der Waals surface area (Å²) in [4.78, 5) is -0.786. The molecule has 0 atom stereocenters. The van der Waals surface area contributed by atoms with Crippen molar-refractivity contribution in [2.45, 2.75) is 11.8 Å². The van der Waals surface area contributed by atoms with Crippen LogP contribution in [0.15, 0.2) is 30.3 Å². The highest BCUT2D eigenvalue weighted by Gasteiger charge is 2.21. The molecule has 1 heterocycles. The van der Waals surface area contributed by atoms with Crippen LogP contribution >= 0.6 is 23.2 Å². The second-order valence-electron chi connectivity index (χ2n) is 3.51. The van der Waals surface area contributed by atoms with Gasteiger partial charge >= 0.3 is 0 Å². The summed E-state index contributed by atoms with van der Waals surface area (Å²) in [6.45, 7) is 1.76. The van der Waals surface area contributed by atoms with E-state index in [9.17, 15) is 0 Å². The first-order chi connectivity index (χ1) is 8.15. The van der Waals surface area contributed by atoms with Gasteiger partial charge in [-0.2, -0.15) is 10.4 Å². The molecule has 0 unspecified atom stereocenters. The van der Waals surface area contributed by atoms with E-state index in [1.54, 1.807) is 11.6 Å². The highest BCUT2D eigenvalue weighted by atomic mass is 35.5. The molecule has 1 aromatic heterocycles. The Morgan fingerprint density at radius 1 is 1.29 bits per heavy atom. The minimum Gasteiger partial charge on any atom is -0.233 e. The lowest BCUT2D eigenvalue weighted by Gasteiger charge is -2.07. The minimum atomic E-state index is -0.786. The van der Waals surface area contributed by atoms with E-state index in [1.165, 1.54) is 0 Å². The number of aromatic nitrogens is 2. The second kappa shape index (κ2) is 4.79. The van der Waals surface area contributed by atoms with E-state index in [4.69, 9.17) is 28.5 Å². The number of nitriles is 1. The Morgan fingerprint density at radius 2 is 1.94 bits per heavy atom. The van der Waals surface area contributed by atoms with Crippen LogP contribution in [0.1, 0.15) is 21.8 Å². The van der Waals surface area contributed by atoms with Gasteiger partial charge in [-0.1, -0.05) is 41.4 Å². The summed E-state index contributed by atoms with van der Waals surface area (Å²) in [6, 6.07) is 11.5. The van der Waals surface area contributed by atoms with Crippen molar-refractivity contribution < 1.29 is 0 Å². The lowest BCUT2D eigenvalue weighted by Crippen LogP contribution is -2.02. The lowest BCUT2D eigenvalue weighted by atomic mass is 10.2. The molecule has 5 heteroatoms. The monoisotopic (exact) mass is 265 g/mol. The van der Waals surface area contributed by atoms with E-state index in [0.29, 0.717) is 17.0 Å². The zero-order valence-electron chi connectivity index (χ0n) is 9.06. The van der Waals surface area contributed by atoms with E-state index in [1.807, 2.05) is 30.3 Å². The molecule has 0 N–H and O–H groups in total. The van der Waals surface area contributed by atoms with Crippen LogP contribution < -0.4 is 0 Å². The number of alkyl halides is 2. The molecular weight excluding hydrogens is 257 g/mol. The molecule has 0 amide bonds. The third-order valence-electron chi connectivity index (χ3n) is 2.42. The van der Waals surface area contributed by atoms with Gasteiger partial charge in [-0.25, -0.2) is 4.68 Å². The Bertz CT molecular complexity index is 567. The molecule has 86 valence electrons. The van der Waals surface area contributed by atoms with E-state index in [2.05, 4.69) is 11.2 Å². The van der Waals surface area contributed by atoms with Gasteiger partial charge in [0.1, 0.15) is 6.07 Å². The predicted molar refractivity (Wildman–Crippen MR) is 67.5 cm³/mol. The van der Waals surface area contributed by atoms with Gasteiger partial charge in [-0.15, -0.1) is 0 Å². The summed E-state index contributed by atoms with van der Waals surface area (Å²) < 4.78 is 1.61. The zero-order valence-corrected chi connectivity index (χ0v) is 10.6. The molecule has 0 saturated heterocycles. The van der Waals surface area contributed by atoms with Crippen LogP contribution in [0.2, 0.25) is 0 Å². The number of halogens is 2. The Balaban J connectivity index is 2.68. The first-order valence-electron chi connectivity index (χ1n) is 4.98.